The molecule has 0 radical (unpaired) electrons. The molecule has 20 heavy (non-hydrogen) atoms. The van der Waals surface area contributed by atoms with Crippen LogP contribution in [0.5, 0.6) is 0 Å². The van der Waals surface area contributed by atoms with Gasteiger partial charge in [-0.1, -0.05) is 30.9 Å². The summed E-state index contributed by atoms with van der Waals surface area (Å²) in [6.45, 7) is 5.84. The number of nitrogens with zero attached hydrogens (tertiary/aromatic N) is 1. The molecule has 98 valence electrons. The largest absolute Gasteiger partial charge is 0.456 e. The van der Waals surface area contributed by atoms with E-state index in [0.29, 0.717) is 0 Å². The first-order valence-corrected chi connectivity index (χ1v) is 6.56. The lowest BCUT2D eigenvalue weighted by Gasteiger charge is -1.99. The van der Waals surface area contributed by atoms with Crippen LogP contribution in [0.1, 0.15) is 18.2 Å². The summed E-state index contributed by atoms with van der Waals surface area (Å²) in [5.41, 5.74) is 3.88. The Hall–Kier alpha value is -2.61. The van der Waals surface area contributed by atoms with Crippen LogP contribution in [0.15, 0.2) is 59.7 Å². The highest BCUT2D eigenvalue weighted by molar-refractivity contribution is 5.92. The van der Waals surface area contributed by atoms with E-state index >= 15 is 0 Å². The Balaban J connectivity index is 2.20. The van der Waals surface area contributed by atoms with Gasteiger partial charge in [0.1, 0.15) is 11.3 Å². The fraction of sp³-hybridized carbons (Fsp3) is 0.0556. The number of fused-ring (bicyclic) bond motifs is 1. The molecule has 2 aromatic heterocycles. The average Bonchev–Trinajstić information content (AvgIpc) is 2.84. The lowest BCUT2D eigenvalue weighted by atomic mass is 10.1. The highest BCUT2D eigenvalue weighted by Gasteiger charge is 2.10. The summed E-state index contributed by atoms with van der Waals surface area (Å²) in [4.78, 5) is 4.37. The molecule has 0 bridgehead atoms. The van der Waals surface area contributed by atoms with E-state index in [1.807, 2.05) is 49.4 Å². The van der Waals surface area contributed by atoms with E-state index in [4.69, 9.17) is 4.42 Å². The topological polar surface area (TPSA) is 26.0 Å². The molecular weight excluding hydrogens is 246 g/mol. The Bertz CT molecular complexity index is 782. The van der Waals surface area contributed by atoms with E-state index in [-0.39, 0.29) is 0 Å². The van der Waals surface area contributed by atoms with Gasteiger partial charge in [0, 0.05) is 22.7 Å². The third-order valence-corrected chi connectivity index (χ3v) is 3.24. The van der Waals surface area contributed by atoms with Gasteiger partial charge in [-0.2, -0.15) is 0 Å². The van der Waals surface area contributed by atoms with Crippen molar-refractivity contribution in [2.75, 3.05) is 0 Å². The molecule has 0 aliphatic rings. The second kappa shape index (κ2) is 5.17. The first-order chi connectivity index (χ1) is 9.83. The second-order valence-electron chi connectivity index (χ2n) is 4.51. The van der Waals surface area contributed by atoms with Crippen molar-refractivity contribution in [1.82, 2.24) is 4.98 Å². The number of allylic oxidation sites excluding steroid dienone is 1. The maximum atomic E-state index is 5.91. The van der Waals surface area contributed by atoms with Crippen molar-refractivity contribution in [3.63, 3.8) is 0 Å². The number of rotatable bonds is 3. The molecule has 3 aromatic rings. The molecule has 0 unspecified atom stereocenters. The third kappa shape index (κ3) is 2.05. The van der Waals surface area contributed by atoms with Gasteiger partial charge in [0.05, 0.1) is 5.69 Å². The van der Waals surface area contributed by atoms with E-state index in [2.05, 4.69) is 23.7 Å². The van der Waals surface area contributed by atoms with Crippen LogP contribution in [0.4, 0.5) is 0 Å². The minimum absolute atomic E-state index is 0.843. The fourth-order valence-electron chi connectivity index (χ4n) is 2.31. The summed E-state index contributed by atoms with van der Waals surface area (Å²) in [6, 6.07) is 12.0. The standard InChI is InChI=1S/C18H15NO/c1-3-7-17-14(4-2)15-10-9-13(12-18(15)20-17)16-8-5-6-11-19-16/h3-12H,2H2,1H3/b7-3-. The van der Waals surface area contributed by atoms with Gasteiger partial charge >= 0.3 is 0 Å². The zero-order valence-corrected chi connectivity index (χ0v) is 11.3. The molecule has 1 aromatic carbocycles. The second-order valence-corrected chi connectivity index (χ2v) is 4.51. The predicted octanol–water partition coefficient (Wildman–Crippen LogP) is 5.17. The highest BCUT2D eigenvalue weighted by atomic mass is 16.3. The Morgan fingerprint density at radius 1 is 1.20 bits per heavy atom. The highest BCUT2D eigenvalue weighted by Crippen LogP contribution is 2.31. The number of aromatic nitrogens is 1. The molecule has 3 rings (SSSR count). The van der Waals surface area contributed by atoms with Crippen LogP contribution < -0.4 is 0 Å². The van der Waals surface area contributed by atoms with Gasteiger partial charge < -0.3 is 4.42 Å². The molecule has 0 amide bonds. The summed E-state index contributed by atoms with van der Waals surface area (Å²) in [7, 11) is 0. The summed E-state index contributed by atoms with van der Waals surface area (Å²) in [5, 5.41) is 1.08. The summed E-state index contributed by atoms with van der Waals surface area (Å²) < 4.78 is 5.91. The smallest absolute Gasteiger partial charge is 0.136 e. The van der Waals surface area contributed by atoms with E-state index < -0.39 is 0 Å². The van der Waals surface area contributed by atoms with Crippen LogP contribution in [0.2, 0.25) is 0 Å². The molecule has 0 fully saturated rings. The molecule has 0 aliphatic carbocycles. The lowest BCUT2D eigenvalue weighted by molar-refractivity contribution is 0.603. The number of benzene rings is 1. The molecule has 0 saturated heterocycles. The van der Waals surface area contributed by atoms with Crippen LogP contribution >= 0.6 is 0 Å². The normalized spacial score (nSPS) is 11.2. The number of furan rings is 1. The van der Waals surface area contributed by atoms with E-state index in [0.717, 1.165) is 33.6 Å². The molecule has 0 spiro atoms. The molecule has 2 heteroatoms. The zero-order valence-electron chi connectivity index (χ0n) is 11.3. The Morgan fingerprint density at radius 2 is 2.10 bits per heavy atom. The van der Waals surface area contributed by atoms with Crippen molar-refractivity contribution >= 4 is 23.1 Å². The Morgan fingerprint density at radius 3 is 2.80 bits per heavy atom. The molecule has 0 atom stereocenters. The monoisotopic (exact) mass is 261 g/mol. The van der Waals surface area contributed by atoms with Crippen molar-refractivity contribution in [2.45, 2.75) is 6.92 Å². The number of hydrogen-bond acceptors (Lipinski definition) is 2. The van der Waals surface area contributed by atoms with Crippen LogP contribution in [0.3, 0.4) is 0 Å². The quantitative estimate of drug-likeness (QED) is 0.650. The van der Waals surface area contributed by atoms with Crippen molar-refractivity contribution in [3.8, 4) is 11.3 Å². The van der Waals surface area contributed by atoms with Gasteiger partial charge in [-0.3, -0.25) is 4.98 Å². The molecule has 0 aliphatic heterocycles. The van der Waals surface area contributed by atoms with Crippen molar-refractivity contribution in [3.05, 3.63) is 66.6 Å². The number of pyridine rings is 1. The lowest BCUT2D eigenvalue weighted by Crippen LogP contribution is -1.81. The van der Waals surface area contributed by atoms with Crippen molar-refractivity contribution in [2.24, 2.45) is 0 Å². The Kier molecular flexibility index (Phi) is 3.21. The van der Waals surface area contributed by atoms with Gasteiger partial charge in [-0.15, -0.1) is 0 Å². The van der Waals surface area contributed by atoms with Crippen molar-refractivity contribution in [1.29, 1.82) is 0 Å². The first-order valence-electron chi connectivity index (χ1n) is 6.56. The SMILES string of the molecule is C=Cc1c(/C=C\C)oc2cc(-c3ccccn3)ccc12. The van der Waals surface area contributed by atoms with Crippen molar-refractivity contribution < 1.29 is 4.42 Å². The molecule has 2 nitrogen and oxygen atoms in total. The van der Waals surface area contributed by atoms with Gasteiger partial charge in [-0.05, 0) is 37.3 Å². The Labute approximate surface area is 118 Å². The predicted molar refractivity (Wildman–Crippen MR) is 84.2 cm³/mol. The maximum absolute atomic E-state index is 5.91. The number of hydrogen-bond donors (Lipinski definition) is 0. The third-order valence-electron chi connectivity index (χ3n) is 3.24. The average molecular weight is 261 g/mol. The fourth-order valence-corrected chi connectivity index (χ4v) is 2.31. The van der Waals surface area contributed by atoms with E-state index in [1.165, 1.54) is 0 Å². The summed E-state index contributed by atoms with van der Waals surface area (Å²) >= 11 is 0. The van der Waals surface area contributed by atoms with Gasteiger partial charge in [0.2, 0.25) is 0 Å². The zero-order chi connectivity index (χ0) is 13.9. The summed E-state index contributed by atoms with van der Waals surface area (Å²) in [5.74, 6) is 0.843. The van der Waals surface area contributed by atoms with Gasteiger partial charge in [-0.25, -0.2) is 0 Å². The summed E-state index contributed by atoms with van der Waals surface area (Å²) in [6.07, 6.45) is 7.55. The van der Waals surface area contributed by atoms with Crippen LogP contribution in [-0.2, 0) is 0 Å². The van der Waals surface area contributed by atoms with E-state index in [9.17, 15) is 0 Å². The van der Waals surface area contributed by atoms with Gasteiger partial charge in [0.15, 0.2) is 0 Å². The first kappa shape index (κ1) is 12.4. The minimum atomic E-state index is 0.843. The minimum Gasteiger partial charge on any atom is -0.456 e. The molecular formula is C18H15NO. The van der Waals surface area contributed by atoms with Gasteiger partial charge in [0.25, 0.3) is 0 Å². The molecule has 2 heterocycles. The molecule has 0 saturated carbocycles. The maximum Gasteiger partial charge on any atom is 0.136 e. The van der Waals surface area contributed by atoms with Crippen LogP contribution in [-0.4, -0.2) is 4.98 Å². The van der Waals surface area contributed by atoms with E-state index in [1.54, 1.807) is 6.20 Å². The van der Waals surface area contributed by atoms with Crippen LogP contribution in [0.25, 0.3) is 34.4 Å². The molecule has 0 N–H and O–H groups in total. The van der Waals surface area contributed by atoms with Crippen LogP contribution in [0, 0.1) is 0 Å².